The fourth-order valence-electron chi connectivity index (χ4n) is 3.18. The lowest BCUT2D eigenvalue weighted by atomic mass is 9.77. The summed E-state index contributed by atoms with van der Waals surface area (Å²) in [5.41, 5.74) is 0.647. The van der Waals surface area contributed by atoms with Gasteiger partial charge in [0.2, 0.25) is 0 Å². The Labute approximate surface area is 107 Å². The SMILES string of the molecule is CC1(C)CCCC1C(O)Cc1cc(F)cc(F)c1. The number of halogens is 2. The van der Waals surface area contributed by atoms with E-state index >= 15 is 0 Å². The predicted octanol–water partition coefficient (Wildman–Crippen LogP) is 3.69. The Hall–Kier alpha value is -0.960. The van der Waals surface area contributed by atoms with Crippen LogP contribution in [0.2, 0.25) is 0 Å². The van der Waals surface area contributed by atoms with Crippen molar-refractivity contribution in [3.8, 4) is 0 Å². The largest absolute Gasteiger partial charge is 0.392 e. The zero-order valence-corrected chi connectivity index (χ0v) is 10.9. The standard InChI is InChI=1S/C15H20F2O/c1-15(2)5-3-4-13(15)14(18)8-10-6-11(16)9-12(17)7-10/h6-7,9,13-14,18H,3-5,8H2,1-2H3. The van der Waals surface area contributed by atoms with Crippen LogP contribution in [-0.4, -0.2) is 11.2 Å². The van der Waals surface area contributed by atoms with Gasteiger partial charge in [-0.25, -0.2) is 8.78 Å². The van der Waals surface area contributed by atoms with E-state index in [1.165, 1.54) is 12.1 Å². The molecule has 0 aliphatic heterocycles. The van der Waals surface area contributed by atoms with Gasteiger partial charge in [-0.15, -0.1) is 0 Å². The molecule has 1 aromatic carbocycles. The van der Waals surface area contributed by atoms with Crippen molar-refractivity contribution in [3.63, 3.8) is 0 Å². The molecule has 1 nitrogen and oxygen atoms in total. The molecule has 0 saturated heterocycles. The summed E-state index contributed by atoms with van der Waals surface area (Å²) in [5, 5.41) is 10.3. The molecule has 0 heterocycles. The summed E-state index contributed by atoms with van der Waals surface area (Å²) in [5.74, 6) is -0.949. The van der Waals surface area contributed by atoms with Crippen molar-refractivity contribution in [2.75, 3.05) is 0 Å². The monoisotopic (exact) mass is 254 g/mol. The molecule has 0 amide bonds. The van der Waals surface area contributed by atoms with Crippen LogP contribution in [0.1, 0.15) is 38.7 Å². The fourth-order valence-corrected chi connectivity index (χ4v) is 3.18. The normalized spacial score (nSPS) is 24.2. The third-order valence-corrected chi connectivity index (χ3v) is 4.17. The van der Waals surface area contributed by atoms with E-state index in [1.54, 1.807) is 0 Å². The second-order valence-electron chi connectivity index (χ2n) is 6.04. The molecule has 1 fully saturated rings. The van der Waals surface area contributed by atoms with Gasteiger partial charge in [-0.05, 0) is 48.3 Å². The molecule has 0 spiro atoms. The number of benzene rings is 1. The minimum absolute atomic E-state index is 0.116. The first-order chi connectivity index (χ1) is 8.38. The van der Waals surface area contributed by atoms with E-state index in [2.05, 4.69) is 13.8 Å². The molecule has 3 heteroatoms. The van der Waals surface area contributed by atoms with Gasteiger partial charge in [-0.1, -0.05) is 20.3 Å². The molecule has 1 saturated carbocycles. The van der Waals surface area contributed by atoms with Crippen LogP contribution in [0.4, 0.5) is 8.78 Å². The third kappa shape index (κ3) is 2.89. The van der Waals surface area contributed by atoms with Gasteiger partial charge in [-0.2, -0.15) is 0 Å². The summed E-state index contributed by atoms with van der Waals surface area (Å²) in [6.45, 7) is 4.31. The van der Waals surface area contributed by atoms with Crippen LogP contribution in [-0.2, 0) is 6.42 Å². The highest BCUT2D eigenvalue weighted by Gasteiger charge is 2.38. The Kier molecular flexibility index (Phi) is 3.71. The van der Waals surface area contributed by atoms with Gasteiger partial charge >= 0.3 is 0 Å². The first kappa shape index (κ1) is 13.5. The van der Waals surface area contributed by atoms with Gasteiger partial charge in [0, 0.05) is 6.07 Å². The van der Waals surface area contributed by atoms with E-state index in [-0.39, 0.29) is 11.3 Å². The Morgan fingerprint density at radius 2 is 1.89 bits per heavy atom. The topological polar surface area (TPSA) is 20.2 Å². The van der Waals surface area contributed by atoms with E-state index in [0.29, 0.717) is 12.0 Å². The summed E-state index contributed by atoms with van der Waals surface area (Å²) in [4.78, 5) is 0. The first-order valence-corrected chi connectivity index (χ1v) is 6.51. The second kappa shape index (κ2) is 4.96. The highest BCUT2D eigenvalue weighted by molar-refractivity contribution is 5.19. The van der Waals surface area contributed by atoms with Crippen LogP contribution >= 0.6 is 0 Å². The number of hydrogen-bond acceptors (Lipinski definition) is 1. The summed E-state index contributed by atoms with van der Waals surface area (Å²) < 4.78 is 26.2. The molecule has 100 valence electrons. The van der Waals surface area contributed by atoms with Gasteiger partial charge < -0.3 is 5.11 Å². The number of hydrogen-bond donors (Lipinski definition) is 1. The van der Waals surface area contributed by atoms with Crippen molar-refractivity contribution >= 4 is 0 Å². The average molecular weight is 254 g/mol. The third-order valence-electron chi connectivity index (χ3n) is 4.17. The number of aliphatic hydroxyl groups is 1. The molecule has 1 N–H and O–H groups in total. The summed E-state index contributed by atoms with van der Waals surface area (Å²) in [7, 11) is 0. The van der Waals surface area contributed by atoms with Crippen molar-refractivity contribution in [2.45, 2.75) is 45.6 Å². The maximum absolute atomic E-state index is 13.1. The maximum Gasteiger partial charge on any atom is 0.126 e. The summed E-state index contributed by atoms with van der Waals surface area (Å²) in [6, 6.07) is 3.46. The van der Waals surface area contributed by atoms with Crippen molar-refractivity contribution in [2.24, 2.45) is 11.3 Å². The van der Waals surface area contributed by atoms with Gasteiger partial charge in [0.05, 0.1) is 6.10 Å². The molecule has 18 heavy (non-hydrogen) atoms. The molecular weight excluding hydrogens is 234 g/mol. The molecule has 0 aromatic heterocycles. The quantitative estimate of drug-likeness (QED) is 0.872. The van der Waals surface area contributed by atoms with E-state index in [4.69, 9.17) is 0 Å². The minimum atomic E-state index is -0.581. The van der Waals surface area contributed by atoms with E-state index in [9.17, 15) is 13.9 Å². The predicted molar refractivity (Wildman–Crippen MR) is 67.2 cm³/mol. The van der Waals surface area contributed by atoms with Gasteiger partial charge in [0.1, 0.15) is 11.6 Å². The lowest BCUT2D eigenvalue weighted by molar-refractivity contribution is 0.0542. The average Bonchev–Trinajstić information content (AvgIpc) is 2.56. The lowest BCUT2D eigenvalue weighted by Gasteiger charge is -2.31. The number of aliphatic hydroxyl groups excluding tert-OH is 1. The smallest absolute Gasteiger partial charge is 0.126 e. The van der Waals surface area contributed by atoms with Crippen LogP contribution in [0, 0.1) is 23.0 Å². The van der Waals surface area contributed by atoms with Crippen LogP contribution in [0.15, 0.2) is 18.2 Å². The molecule has 0 bridgehead atoms. The molecular formula is C15H20F2O. The van der Waals surface area contributed by atoms with Gasteiger partial charge in [-0.3, -0.25) is 0 Å². The Morgan fingerprint density at radius 1 is 1.28 bits per heavy atom. The van der Waals surface area contributed by atoms with E-state index < -0.39 is 17.7 Å². The highest BCUT2D eigenvalue weighted by Crippen LogP contribution is 2.44. The molecule has 2 rings (SSSR count). The van der Waals surface area contributed by atoms with Crippen LogP contribution < -0.4 is 0 Å². The Bertz CT molecular complexity index is 408. The molecule has 2 atom stereocenters. The highest BCUT2D eigenvalue weighted by atomic mass is 19.1. The molecule has 1 aliphatic carbocycles. The van der Waals surface area contributed by atoms with Crippen molar-refractivity contribution in [3.05, 3.63) is 35.4 Å². The molecule has 1 aromatic rings. The van der Waals surface area contributed by atoms with Crippen molar-refractivity contribution in [1.82, 2.24) is 0 Å². The van der Waals surface area contributed by atoms with Crippen LogP contribution in [0.25, 0.3) is 0 Å². The molecule has 2 unspecified atom stereocenters. The fraction of sp³-hybridized carbons (Fsp3) is 0.600. The first-order valence-electron chi connectivity index (χ1n) is 6.51. The van der Waals surface area contributed by atoms with Crippen LogP contribution in [0.5, 0.6) is 0 Å². The maximum atomic E-state index is 13.1. The van der Waals surface area contributed by atoms with E-state index in [0.717, 1.165) is 25.3 Å². The minimum Gasteiger partial charge on any atom is -0.392 e. The van der Waals surface area contributed by atoms with E-state index in [1.807, 2.05) is 0 Å². The summed E-state index contributed by atoms with van der Waals surface area (Å²) in [6.07, 6.45) is 3.01. The Morgan fingerprint density at radius 3 is 2.39 bits per heavy atom. The molecule has 1 aliphatic rings. The molecule has 0 radical (unpaired) electrons. The van der Waals surface area contributed by atoms with Gasteiger partial charge in [0.25, 0.3) is 0 Å². The number of rotatable bonds is 3. The Balaban J connectivity index is 2.09. The summed E-state index contributed by atoms with van der Waals surface area (Å²) >= 11 is 0. The van der Waals surface area contributed by atoms with Crippen molar-refractivity contribution < 1.29 is 13.9 Å². The van der Waals surface area contributed by atoms with Crippen LogP contribution in [0.3, 0.4) is 0 Å². The zero-order valence-electron chi connectivity index (χ0n) is 10.9. The van der Waals surface area contributed by atoms with Gasteiger partial charge in [0.15, 0.2) is 0 Å². The second-order valence-corrected chi connectivity index (χ2v) is 6.04. The zero-order chi connectivity index (χ0) is 13.3. The lowest BCUT2D eigenvalue weighted by Crippen LogP contribution is -2.31. The van der Waals surface area contributed by atoms with Crippen molar-refractivity contribution in [1.29, 1.82) is 0 Å².